The van der Waals surface area contributed by atoms with Gasteiger partial charge in [-0.2, -0.15) is 0 Å². The predicted octanol–water partition coefficient (Wildman–Crippen LogP) is 2.53. The fourth-order valence-corrected chi connectivity index (χ4v) is 3.26. The van der Waals surface area contributed by atoms with Gasteiger partial charge >= 0.3 is 12.1 Å². The summed E-state index contributed by atoms with van der Waals surface area (Å²) < 4.78 is 10.2. The summed E-state index contributed by atoms with van der Waals surface area (Å²) in [4.78, 5) is 39.0. The van der Waals surface area contributed by atoms with Crippen LogP contribution in [-0.2, 0) is 25.5 Å². The molecule has 0 saturated carbocycles. The molecular formula is C21H30N2O5. The van der Waals surface area contributed by atoms with Gasteiger partial charge in [0.25, 0.3) is 0 Å². The molecule has 7 heteroatoms. The molecule has 1 heterocycles. The highest BCUT2D eigenvalue weighted by Crippen LogP contribution is 2.19. The van der Waals surface area contributed by atoms with Crippen molar-refractivity contribution in [2.45, 2.75) is 51.7 Å². The lowest BCUT2D eigenvalue weighted by molar-refractivity contribution is -0.149. The lowest BCUT2D eigenvalue weighted by atomic mass is 9.96. The maximum atomic E-state index is 13.2. The number of alkyl carbamates (subject to hydrolysis) is 1. The Balaban J connectivity index is 2.13. The normalized spacial score (nSPS) is 18.1. The minimum atomic E-state index is -0.770. The monoisotopic (exact) mass is 390 g/mol. The number of benzene rings is 1. The number of piperidine rings is 1. The summed E-state index contributed by atoms with van der Waals surface area (Å²) in [5.41, 5.74) is 0.268. The van der Waals surface area contributed by atoms with Crippen molar-refractivity contribution in [3.63, 3.8) is 0 Å². The number of amides is 2. The van der Waals surface area contributed by atoms with Gasteiger partial charge in [0.1, 0.15) is 11.6 Å². The molecule has 1 aromatic carbocycles. The number of likely N-dealkylation sites (tertiary alicyclic amines) is 1. The first-order valence-corrected chi connectivity index (χ1v) is 9.59. The zero-order chi connectivity index (χ0) is 20.7. The quantitative estimate of drug-likeness (QED) is 0.781. The Morgan fingerprint density at radius 1 is 1.21 bits per heavy atom. The van der Waals surface area contributed by atoms with E-state index in [4.69, 9.17) is 9.47 Å². The van der Waals surface area contributed by atoms with Gasteiger partial charge in [0.05, 0.1) is 13.0 Å². The van der Waals surface area contributed by atoms with Crippen molar-refractivity contribution in [2.75, 3.05) is 20.2 Å². The zero-order valence-corrected chi connectivity index (χ0v) is 17.1. The van der Waals surface area contributed by atoms with Crippen molar-refractivity contribution in [1.82, 2.24) is 10.2 Å². The van der Waals surface area contributed by atoms with Crippen molar-refractivity contribution < 1.29 is 23.9 Å². The minimum Gasteiger partial charge on any atom is -0.469 e. The van der Waals surface area contributed by atoms with E-state index >= 15 is 0 Å². The minimum absolute atomic E-state index is 0.219. The van der Waals surface area contributed by atoms with Crippen LogP contribution in [-0.4, -0.2) is 54.7 Å². The van der Waals surface area contributed by atoms with E-state index in [1.165, 1.54) is 7.11 Å². The molecule has 0 aromatic heterocycles. The lowest BCUT2D eigenvalue weighted by Gasteiger charge is -2.34. The number of esters is 1. The molecule has 1 aromatic rings. The SMILES string of the molecule is COC(=O)C1CCCN(C(=O)C(Cc2ccccc2)NC(=O)OC(C)(C)C)C1. The van der Waals surface area contributed by atoms with Crippen LogP contribution in [0.15, 0.2) is 30.3 Å². The van der Waals surface area contributed by atoms with Crippen molar-refractivity contribution in [3.05, 3.63) is 35.9 Å². The van der Waals surface area contributed by atoms with Crippen molar-refractivity contribution >= 4 is 18.0 Å². The number of methoxy groups -OCH3 is 1. The molecule has 2 atom stereocenters. The van der Waals surface area contributed by atoms with Crippen LogP contribution in [0.1, 0.15) is 39.2 Å². The van der Waals surface area contributed by atoms with E-state index in [0.717, 1.165) is 12.0 Å². The molecule has 0 spiro atoms. The van der Waals surface area contributed by atoms with E-state index in [1.807, 2.05) is 30.3 Å². The van der Waals surface area contributed by atoms with E-state index in [0.29, 0.717) is 25.9 Å². The lowest BCUT2D eigenvalue weighted by Crippen LogP contribution is -2.53. The third-order valence-corrected chi connectivity index (χ3v) is 4.54. The van der Waals surface area contributed by atoms with Crippen LogP contribution in [0, 0.1) is 5.92 Å². The molecule has 2 unspecified atom stereocenters. The number of nitrogens with one attached hydrogen (secondary N) is 1. The summed E-state index contributed by atoms with van der Waals surface area (Å²) in [5.74, 6) is -0.859. The van der Waals surface area contributed by atoms with E-state index in [2.05, 4.69) is 5.32 Å². The molecule has 2 amide bonds. The fourth-order valence-electron chi connectivity index (χ4n) is 3.26. The first-order valence-electron chi connectivity index (χ1n) is 9.59. The molecule has 0 bridgehead atoms. The highest BCUT2D eigenvalue weighted by molar-refractivity contribution is 5.86. The Kier molecular flexibility index (Phi) is 7.43. The van der Waals surface area contributed by atoms with E-state index in [1.54, 1.807) is 25.7 Å². The van der Waals surface area contributed by atoms with E-state index in [-0.39, 0.29) is 17.8 Å². The molecule has 7 nitrogen and oxygen atoms in total. The third-order valence-electron chi connectivity index (χ3n) is 4.54. The number of hydrogen-bond acceptors (Lipinski definition) is 5. The van der Waals surface area contributed by atoms with E-state index in [9.17, 15) is 14.4 Å². The van der Waals surface area contributed by atoms with Crippen molar-refractivity contribution in [3.8, 4) is 0 Å². The second kappa shape index (κ2) is 9.57. The van der Waals surface area contributed by atoms with Crippen LogP contribution in [0.25, 0.3) is 0 Å². The standard InChI is InChI=1S/C21H30N2O5/c1-21(2,3)28-20(26)22-17(13-15-9-6-5-7-10-15)18(24)23-12-8-11-16(14-23)19(25)27-4/h5-7,9-10,16-17H,8,11-14H2,1-4H3,(H,22,26). The highest BCUT2D eigenvalue weighted by Gasteiger charge is 2.33. The highest BCUT2D eigenvalue weighted by atomic mass is 16.6. The average Bonchev–Trinajstić information content (AvgIpc) is 2.65. The van der Waals surface area contributed by atoms with Crippen LogP contribution < -0.4 is 5.32 Å². The Hall–Kier alpha value is -2.57. The van der Waals surface area contributed by atoms with Gasteiger partial charge in [-0.25, -0.2) is 4.79 Å². The number of nitrogens with zero attached hydrogens (tertiary/aromatic N) is 1. The summed E-state index contributed by atoms with van der Waals surface area (Å²) in [6, 6.07) is 8.72. The maximum Gasteiger partial charge on any atom is 0.408 e. The van der Waals surface area contributed by atoms with Gasteiger partial charge in [-0.3, -0.25) is 9.59 Å². The fraction of sp³-hybridized carbons (Fsp3) is 0.571. The second-order valence-electron chi connectivity index (χ2n) is 8.04. The summed E-state index contributed by atoms with van der Waals surface area (Å²) >= 11 is 0. The van der Waals surface area contributed by atoms with Crippen LogP contribution in [0.3, 0.4) is 0 Å². The summed E-state index contributed by atoms with van der Waals surface area (Å²) in [6.45, 7) is 6.16. The first-order chi connectivity index (χ1) is 13.2. The first kappa shape index (κ1) is 21.7. The van der Waals surface area contributed by atoms with Gasteiger partial charge in [0.15, 0.2) is 0 Å². The maximum absolute atomic E-state index is 13.2. The smallest absolute Gasteiger partial charge is 0.408 e. The predicted molar refractivity (Wildman–Crippen MR) is 105 cm³/mol. The largest absolute Gasteiger partial charge is 0.469 e. The zero-order valence-electron chi connectivity index (χ0n) is 17.1. The molecule has 154 valence electrons. The number of hydrogen-bond donors (Lipinski definition) is 1. The van der Waals surface area contributed by atoms with E-state index < -0.39 is 17.7 Å². The van der Waals surface area contributed by atoms with Gasteiger partial charge in [-0.1, -0.05) is 30.3 Å². The van der Waals surface area contributed by atoms with Crippen LogP contribution in [0.2, 0.25) is 0 Å². The molecular weight excluding hydrogens is 360 g/mol. The summed E-state index contributed by atoms with van der Waals surface area (Å²) in [5, 5.41) is 2.71. The molecule has 0 aliphatic carbocycles. The Morgan fingerprint density at radius 2 is 1.89 bits per heavy atom. The number of rotatable bonds is 5. The molecule has 1 fully saturated rings. The molecule has 1 N–H and O–H groups in total. The molecule has 28 heavy (non-hydrogen) atoms. The molecule has 2 rings (SSSR count). The molecule has 0 radical (unpaired) electrons. The second-order valence-corrected chi connectivity index (χ2v) is 8.04. The van der Waals surface area contributed by atoms with Gasteiger partial charge in [0, 0.05) is 19.5 Å². The summed E-state index contributed by atoms with van der Waals surface area (Å²) in [7, 11) is 1.35. The molecule has 1 aliphatic heterocycles. The number of carbonyl (C=O) groups is 3. The average molecular weight is 390 g/mol. The molecule has 1 saturated heterocycles. The third kappa shape index (κ3) is 6.55. The van der Waals surface area contributed by atoms with Crippen molar-refractivity contribution in [1.29, 1.82) is 0 Å². The van der Waals surface area contributed by atoms with Gasteiger partial charge in [-0.05, 0) is 39.2 Å². The van der Waals surface area contributed by atoms with Crippen LogP contribution in [0.5, 0.6) is 0 Å². The van der Waals surface area contributed by atoms with Gasteiger partial charge < -0.3 is 19.7 Å². The number of ether oxygens (including phenoxy) is 2. The van der Waals surface area contributed by atoms with Crippen LogP contribution in [0.4, 0.5) is 4.79 Å². The Morgan fingerprint density at radius 3 is 2.50 bits per heavy atom. The Labute approximate surface area is 166 Å². The van der Waals surface area contributed by atoms with Gasteiger partial charge in [-0.15, -0.1) is 0 Å². The molecule has 1 aliphatic rings. The van der Waals surface area contributed by atoms with Crippen molar-refractivity contribution in [2.24, 2.45) is 5.92 Å². The Bertz CT molecular complexity index is 684. The van der Waals surface area contributed by atoms with Gasteiger partial charge in [0.2, 0.25) is 5.91 Å². The van der Waals surface area contributed by atoms with Crippen LogP contribution >= 0.6 is 0 Å². The summed E-state index contributed by atoms with van der Waals surface area (Å²) in [6.07, 6.45) is 1.12. The number of carbonyl (C=O) groups excluding carboxylic acids is 3. The topological polar surface area (TPSA) is 84.9 Å².